The quantitative estimate of drug-likeness (QED) is 0.598. The van der Waals surface area contributed by atoms with Gasteiger partial charge in [-0.25, -0.2) is 0 Å². The molecule has 0 aromatic carbocycles. The highest BCUT2D eigenvalue weighted by Crippen LogP contribution is 2.28. The number of hydrogen-bond donors (Lipinski definition) is 2. The van der Waals surface area contributed by atoms with Crippen molar-refractivity contribution in [2.45, 2.75) is 26.8 Å². The first-order valence-electron chi connectivity index (χ1n) is 6.04. The number of aromatic nitrogens is 2. The minimum Gasteiger partial charge on any atom is -0.351 e. The molecule has 1 aliphatic heterocycles. The van der Waals surface area contributed by atoms with E-state index in [0.717, 1.165) is 31.3 Å². The topological polar surface area (TPSA) is 56.3 Å². The predicted molar refractivity (Wildman–Crippen MR) is 68.8 cm³/mol. The van der Waals surface area contributed by atoms with Gasteiger partial charge in [-0.2, -0.15) is 5.10 Å². The maximum Gasteiger partial charge on any atom is 0.193 e. The van der Waals surface area contributed by atoms with E-state index in [-0.39, 0.29) is 0 Å². The summed E-state index contributed by atoms with van der Waals surface area (Å²) in [5.74, 6) is 0.977. The Bertz CT molecular complexity index is 380. The molecule has 2 heterocycles. The van der Waals surface area contributed by atoms with Gasteiger partial charge in [0.1, 0.15) is 0 Å². The zero-order valence-electron chi connectivity index (χ0n) is 10.8. The maximum absolute atomic E-state index is 4.33. The molecule has 0 bridgehead atoms. The molecule has 0 spiro atoms. The van der Waals surface area contributed by atoms with Crippen LogP contribution in [0.4, 0.5) is 0 Å². The lowest BCUT2D eigenvalue weighted by molar-refractivity contribution is 0.370. The summed E-state index contributed by atoms with van der Waals surface area (Å²) in [6.45, 7) is 7.49. The van der Waals surface area contributed by atoms with Crippen LogP contribution in [0.5, 0.6) is 0 Å². The standard InChI is InChI=1S/C12H21N5/c1-12(2)5-7-17(9-12)11(13-3)14-8-10-4-6-15-16-10/h4,6H,5,7-9H2,1-3H3,(H,13,14)(H,15,16). The van der Waals surface area contributed by atoms with Gasteiger partial charge < -0.3 is 10.2 Å². The Balaban J connectivity index is 1.90. The predicted octanol–water partition coefficient (Wildman–Crippen LogP) is 1.22. The minimum absolute atomic E-state index is 0.394. The summed E-state index contributed by atoms with van der Waals surface area (Å²) < 4.78 is 0. The van der Waals surface area contributed by atoms with Crippen molar-refractivity contribution < 1.29 is 0 Å². The van der Waals surface area contributed by atoms with E-state index < -0.39 is 0 Å². The van der Waals surface area contributed by atoms with Crippen LogP contribution in [0.2, 0.25) is 0 Å². The van der Waals surface area contributed by atoms with E-state index >= 15 is 0 Å². The number of hydrogen-bond acceptors (Lipinski definition) is 2. The first-order valence-corrected chi connectivity index (χ1v) is 6.04. The Morgan fingerprint density at radius 2 is 2.47 bits per heavy atom. The third kappa shape index (κ3) is 2.99. The Hall–Kier alpha value is -1.52. The summed E-state index contributed by atoms with van der Waals surface area (Å²) in [5.41, 5.74) is 1.47. The van der Waals surface area contributed by atoms with E-state index in [9.17, 15) is 0 Å². The summed E-state index contributed by atoms with van der Waals surface area (Å²) in [5, 5.41) is 10.2. The molecule has 0 aliphatic carbocycles. The molecular formula is C12H21N5. The first kappa shape index (κ1) is 12.0. The highest BCUT2D eigenvalue weighted by atomic mass is 15.3. The van der Waals surface area contributed by atoms with Crippen molar-refractivity contribution in [2.24, 2.45) is 10.4 Å². The van der Waals surface area contributed by atoms with Crippen LogP contribution in [-0.4, -0.2) is 41.2 Å². The number of nitrogens with zero attached hydrogens (tertiary/aromatic N) is 3. The van der Waals surface area contributed by atoms with Gasteiger partial charge in [0.05, 0.1) is 12.2 Å². The van der Waals surface area contributed by atoms with Crippen molar-refractivity contribution in [3.63, 3.8) is 0 Å². The third-order valence-corrected chi connectivity index (χ3v) is 3.18. The number of likely N-dealkylation sites (tertiary alicyclic amines) is 1. The molecule has 0 amide bonds. The van der Waals surface area contributed by atoms with Gasteiger partial charge in [-0.05, 0) is 17.9 Å². The molecule has 0 radical (unpaired) electrons. The normalized spacial score (nSPS) is 19.7. The van der Waals surface area contributed by atoms with E-state index in [0.29, 0.717) is 5.41 Å². The van der Waals surface area contributed by atoms with E-state index in [1.54, 1.807) is 6.20 Å². The molecule has 1 saturated heterocycles. The first-order chi connectivity index (χ1) is 8.11. The Labute approximate surface area is 102 Å². The second kappa shape index (κ2) is 4.77. The van der Waals surface area contributed by atoms with Crippen LogP contribution in [0, 0.1) is 5.41 Å². The summed E-state index contributed by atoms with van der Waals surface area (Å²) in [4.78, 5) is 6.65. The summed E-state index contributed by atoms with van der Waals surface area (Å²) in [6, 6.07) is 1.97. The van der Waals surface area contributed by atoms with Gasteiger partial charge in [-0.3, -0.25) is 10.1 Å². The molecule has 0 saturated carbocycles. The van der Waals surface area contributed by atoms with Gasteiger partial charge in [0.15, 0.2) is 5.96 Å². The summed E-state index contributed by atoms with van der Waals surface area (Å²) >= 11 is 0. The number of aliphatic imine (C=N–C) groups is 1. The highest BCUT2D eigenvalue weighted by Gasteiger charge is 2.30. The van der Waals surface area contributed by atoms with Crippen LogP contribution in [0.15, 0.2) is 17.3 Å². The van der Waals surface area contributed by atoms with Gasteiger partial charge in [-0.1, -0.05) is 13.8 Å². The monoisotopic (exact) mass is 235 g/mol. The number of nitrogens with one attached hydrogen (secondary N) is 2. The molecule has 2 rings (SSSR count). The van der Waals surface area contributed by atoms with Crippen LogP contribution in [-0.2, 0) is 6.54 Å². The van der Waals surface area contributed by atoms with Crippen molar-refractivity contribution in [1.82, 2.24) is 20.4 Å². The van der Waals surface area contributed by atoms with Crippen molar-refractivity contribution in [3.8, 4) is 0 Å². The van der Waals surface area contributed by atoms with Crippen LogP contribution in [0.1, 0.15) is 26.0 Å². The molecule has 1 fully saturated rings. The molecule has 1 aromatic rings. The van der Waals surface area contributed by atoms with Crippen molar-refractivity contribution in [2.75, 3.05) is 20.1 Å². The number of guanidine groups is 1. The average Bonchev–Trinajstić information content (AvgIpc) is 2.89. The van der Waals surface area contributed by atoms with Crippen LogP contribution >= 0.6 is 0 Å². The Morgan fingerprint density at radius 3 is 3.00 bits per heavy atom. The lowest BCUT2D eigenvalue weighted by atomic mass is 9.93. The van der Waals surface area contributed by atoms with E-state index in [1.165, 1.54) is 6.42 Å². The number of rotatable bonds is 2. The SMILES string of the molecule is CN=C(NCc1ccn[nH]1)N1CCC(C)(C)C1. The van der Waals surface area contributed by atoms with Crippen molar-refractivity contribution in [3.05, 3.63) is 18.0 Å². The maximum atomic E-state index is 4.33. The molecule has 5 heteroatoms. The van der Waals surface area contributed by atoms with Gasteiger partial charge in [0, 0.05) is 26.3 Å². The lowest BCUT2D eigenvalue weighted by Gasteiger charge is -2.23. The zero-order chi connectivity index (χ0) is 12.3. The van der Waals surface area contributed by atoms with Gasteiger partial charge >= 0.3 is 0 Å². The second-order valence-corrected chi connectivity index (χ2v) is 5.32. The van der Waals surface area contributed by atoms with Crippen molar-refractivity contribution >= 4 is 5.96 Å². The highest BCUT2D eigenvalue weighted by molar-refractivity contribution is 5.80. The molecule has 17 heavy (non-hydrogen) atoms. The number of H-pyrrole nitrogens is 1. The smallest absolute Gasteiger partial charge is 0.193 e. The molecule has 2 N–H and O–H groups in total. The molecule has 0 atom stereocenters. The third-order valence-electron chi connectivity index (χ3n) is 3.18. The fraction of sp³-hybridized carbons (Fsp3) is 0.667. The second-order valence-electron chi connectivity index (χ2n) is 5.32. The van der Waals surface area contributed by atoms with Crippen LogP contribution < -0.4 is 5.32 Å². The summed E-state index contributed by atoms with van der Waals surface area (Å²) in [7, 11) is 1.83. The molecule has 94 valence electrons. The van der Waals surface area contributed by atoms with Gasteiger partial charge in [0.25, 0.3) is 0 Å². The fourth-order valence-electron chi connectivity index (χ4n) is 2.18. The average molecular weight is 235 g/mol. The molecule has 0 unspecified atom stereocenters. The molecule has 1 aromatic heterocycles. The van der Waals surface area contributed by atoms with Crippen LogP contribution in [0.3, 0.4) is 0 Å². The molecule has 5 nitrogen and oxygen atoms in total. The van der Waals surface area contributed by atoms with E-state index in [2.05, 4.69) is 39.3 Å². The molecule has 1 aliphatic rings. The minimum atomic E-state index is 0.394. The molecular weight excluding hydrogens is 214 g/mol. The van der Waals surface area contributed by atoms with Gasteiger partial charge in [-0.15, -0.1) is 0 Å². The van der Waals surface area contributed by atoms with Crippen molar-refractivity contribution in [1.29, 1.82) is 0 Å². The largest absolute Gasteiger partial charge is 0.351 e. The summed E-state index contributed by atoms with van der Waals surface area (Å²) in [6.07, 6.45) is 2.98. The Kier molecular flexibility index (Phi) is 3.36. The van der Waals surface area contributed by atoms with Crippen LogP contribution in [0.25, 0.3) is 0 Å². The Morgan fingerprint density at radius 1 is 1.65 bits per heavy atom. The zero-order valence-corrected chi connectivity index (χ0v) is 10.8. The van der Waals surface area contributed by atoms with Gasteiger partial charge in [0.2, 0.25) is 0 Å². The fourth-order valence-corrected chi connectivity index (χ4v) is 2.18. The van der Waals surface area contributed by atoms with E-state index in [1.807, 2.05) is 13.1 Å². The number of aromatic amines is 1. The van der Waals surface area contributed by atoms with E-state index in [4.69, 9.17) is 0 Å². The lowest BCUT2D eigenvalue weighted by Crippen LogP contribution is -2.40.